The van der Waals surface area contributed by atoms with Gasteiger partial charge in [-0.05, 0) is 74.4 Å². The number of carbonyl (C=O) groups is 1. The van der Waals surface area contributed by atoms with Crippen LogP contribution in [0.4, 0.5) is 0 Å². The second-order valence-corrected chi connectivity index (χ2v) is 7.22. The van der Waals surface area contributed by atoms with Gasteiger partial charge >= 0.3 is 5.97 Å². The number of esters is 1. The molecule has 2 aromatic rings. The van der Waals surface area contributed by atoms with Crippen molar-refractivity contribution in [3.05, 3.63) is 59.2 Å². The van der Waals surface area contributed by atoms with Crippen molar-refractivity contribution in [2.45, 2.75) is 39.0 Å². The van der Waals surface area contributed by atoms with E-state index in [1.807, 2.05) is 49.4 Å². The van der Waals surface area contributed by atoms with Gasteiger partial charge in [-0.1, -0.05) is 18.2 Å². The summed E-state index contributed by atoms with van der Waals surface area (Å²) in [5, 5.41) is 0. The van der Waals surface area contributed by atoms with Crippen LogP contribution >= 0.6 is 0 Å². The predicted octanol–water partition coefficient (Wildman–Crippen LogP) is 5.17. The molecule has 0 fully saturated rings. The molecular weight excluding hydrogens is 408 g/mol. The smallest absolute Gasteiger partial charge is 0.333 e. The van der Waals surface area contributed by atoms with Crippen molar-refractivity contribution in [3.8, 4) is 23.0 Å². The molecule has 0 spiro atoms. The van der Waals surface area contributed by atoms with Crippen LogP contribution in [0.2, 0.25) is 0 Å². The third kappa shape index (κ3) is 7.22. The van der Waals surface area contributed by atoms with Crippen LogP contribution in [0, 0.1) is 0 Å². The third-order valence-electron chi connectivity index (χ3n) is 5.17. The number of allylic oxidation sites excluding steroid dienone is 1. The van der Waals surface area contributed by atoms with Crippen LogP contribution in [0.25, 0.3) is 0 Å². The summed E-state index contributed by atoms with van der Waals surface area (Å²) in [4.78, 5) is 12.4. The third-order valence-corrected chi connectivity index (χ3v) is 5.17. The number of methoxy groups -OCH3 is 4. The number of aryl methyl sites for hydroxylation is 2. The molecule has 6 nitrogen and oxygen atoms in total. The lowest BCUT2D eigenvalue weighted by Crippen LogP contribution is -2.08. The monoisotopic (exact) mass is 442 g/mol. The fourth-order valence-electron chi connectivity index (χ4n) is 3.48. The van der Waals surface area contributed by atoms with Gasteiger partial charge in [0.05, 0.1) is 35.0 Å². The van der Waals surface area contributed by atoms with E-state index in [2.05, 4.69) is 0 Å². The minimum atomic E-state index is -0.243. The van der Waals surface area contributed by atoms with Crippen LogP contribution in [0.15, 0.2) is 48.0 Å². The molecule has 0 amide bonds. The number of hydrogen-bond acceptors (Lipinski definition) is 6. The molecule has 0 saturated carbocycles. The molecule has 0 heterocycles. The second kappa shape index (κ2) is 13.3. The summed E-state index contributed by atoms with van der Waals surface area (Å²) >= 11 is 0. The zero-order chi connectivity index (χ0) is 23.3. The van der Waals surface area contributed by atoms with Gasteiger partial charge in [-0.3, -0.25) is 0 Å². The van der Waals surface area contributed by atoms with Crippen molar-refractivity contribution >= 4 is 5.97 Å². The van der Waals surface area contributed by atoms with Crippen molar-refractivity contribution in [3.63, 3.8) is 0 Å². The number of benzene rings is 2. The van der Waals surface area contributed by atoms with Gasteiger partial charge in [0.1, 0.15) is 0 Å². The van der Waals surface area contributed by atoms with Crippen molar-refractivity contribution in [1.82, 2.24) is 0 Å². The Hall–Kier alpha value is -3.15. The van der Waals surface area contributed by atoms with Crippen molar-refractivity contribution in [2.75, 3.05) is 35.0 Å². The Morgan fingerprint density at radius 2 is 1.31 bits per heavy atom. The lowest BCUT2D eigenvalue weighted by Gasteiger charge is -2.11. The van der Waals surface area contributed by atoms with Crippen LogP contribution in [-0.4, -0.2) is 41.0 Å². The largest absolute Gasteiger partial charge is 0.493 e. The Bertz CT molecular complexity index is 903. The van der Waals surface area contributed by atoms with E-state index in [-0.39, 0.29) is 5.97 Å². The lowest BCUT2D eigenvalue weighted by molar-refractivity contribution is -0.138. The summed E-state index contributed by atoms with van der Waals surface area (Å²) in [5.74, 6) is 2.58. The fraction of sp³-hybridized carbons (Fsp3) is 0.423. The molecule has 0 unspecified atom stereocenters. The molecule has 174 valence electrons. The van der Waals surface area contributed by atoms with Gasteiger partial charge in [0.15, 0.2) is 23.0 Å². The van der Waals surface area contributed by atoms with Crippen LogP contribution < -0.4 is 18.9 Å². The second-order valence-electron chi connectivity index (χ2n) is 7.22. The van der Waals surface area contributed by atoms with Crippen LogP contribution in [0.1, 0.15) is 37.3 Å². The van der Waals surface area contributed by atoms with Gasteiger partial charge in [-0.2, -0.15) is 0 Å². The van der Waals surface area contributed by atoms with Crippen LogP contribution in [0.5, 0.6) is 23.0 Å². The number of hydrogen-bond donors (Lipinski definition) is 0. The Morgan fingerprint density at radius 3 is 1.81 bits per heavy atom. The van der Waals surface area contributed by atoms with Gasteiger partial charge in [0.25, 0.3) is 0 Å². The lowest BCUT2D eigenvalue weighted by atomic mass is 10.0. The first-order chi connectivity index (χ1) is 15.6. The van der Waals surface area contributed by atoms with Crippen LogP contribution in [0.3, 0.4) is 0 Å². The maximum Gasteiger partial charge on any atom is 0.333 e. The minimum absolute atomic E-state index is 0.243. The molecule has 2 aromatic carbocycles. The first-order valence-electron chi connectivity index (χ1n) is 10.8. The highest BCUT2D eigenvalue weighted by Gasteiger charge is 2.12. The summed E-state index contributed by atoms with van der Waals surface area (Å²) in [6.07, 6.45) is 5.82. The van der Waals surface area contributed by atoms with Crippen molar-refractivity contribution in [1.29, 1.82) is 0 Å². The van der Waals surface area contributed by atoms with Crippen molar-refractivity contribution < 1.29 is 28.5 Å². The Morgan fingerprint density at radius 1 is 0.781 bits per heavy atom. The fourth-order valence-corrected chi connectivity index (χ4v) is 3.48. The molecule has 0 aromatic heterocycles. The normalized spacial score (nSPS) is 11.1. The van der Waals surface area contributed by atoms with Crippen molar-refractivity contribution in [2.24, 2.45) is 0 Å². The summed E-state index contributed by atoms with van der Waals surface area (Å²) in [7, 11) is 6.49. The van der Waals surface area contributed by atoms with E-state index in [0.717, 1.165) is 36.8 Å². The predicted molar refractivity (Wildman–Crippen MR) is 125 cm³/mol. The molecule has 0 aliphatic heterocycles. The molecule has 0 N–H and O–H groups in total. The highest BCUT2D eigenvalue weighted by atomic mass is 16.5. The molecular formula is C26H34O6. The van der Waals surface area contributed by atoms with Gasteiger partial charge < -0.3 is 23.7 Å². The topological polar surface area (TPSA) is 63.2 Å². The highest BCUT2D eigenvalue weighted by molar-refractivity contribution is 5.88. The van der Waals surface area contributed by atoms with E-state index < -0.39 is 0 Å². The van der Waals surface area contributed by atoms with E-state index >= 15 is 0 Å². The number of rotatable bonds is 13. The quantitative estimate of drug-likeness (QED) is 0.315. The average Bonchev–Trinajstić information content (AvgIpc) is 2.82. The van der Waals surface area contributed by atoms with Gasteiger partial charge in [0, 0.05) is 5.57 Å². The van der Waals surface area contributed by atoms with E-state index in [0.29, 0.717) is 41.6 Å². The summed E-state index contributed by atoms with van der Waals surface area (Å²) < 4.78 is 26.6. The Kier molecular flexibility index (Phi) is 10.4. The summed E-state index contributed by atoms with van der Waals surface area (Å²) in [5.41, 5.74) is 2.97. The molecule has 6 heteroatoms. The molecule has 32 heavy (non-hydrogen) atoms. The summed E-state index contributed by atoms with van der Waals surface area (Å²) in [6, 6.07) is 11.8. The van der Waals surface area contributed by atoms with E-state index in [9.17, 15) is 4.79 Å². The molecule has 0 atom stereocenters. The van der Waals surface area contributed by atoms with Crippen LogP contribution in [-0.2, 0) is 22.4 Å². The molecule has 0 radical (unpaired) electrons. The van der Waals surface area contributed by atoms with Gasteiger partial charge in [-0.25, -0.2) is 4.79 Å². The standard InChI is InChI=1S/C26H34O6/c1-6-32-26(27)21(11-7-9-19-13-15-22(28-2)24(17-19)30-4)12-8-10-20-14-16-23(29-3)25(18-20)31-5/h11,13-18H,6-10,12H2,1-5H3/b21-11+. The zero-order valence-corrected chi connectivity index (χ0v) is 19.7. The van der Waals surface area contributed by atoms with Gasteiger partial charge in [-0.15, -0.1) is 0 Å². The average molecular weight is 443 g/mol. The van der Waals surface area contributed by atoms with E-state index in [1.54, 1.807) is 28.4 Å². The molecule has 0 saturated heterocycles. The molecule has 0 aliphatic rings. The summed E-state index contributed by atoms with van der Waals surface area (Å²) in [6.45, 7) is 2.18. The zero-order valence-electron chi connectivity index (χ0n) is 19.7. The first-order valence-corrected chi connectivity index (χ1v) is 10.8. The maximum atomic E-state index is 12.4. The molecule has 0 aliphatic carbocycles. The minimum Gasteiger partial charge on any atom is -0.493 e. The Balaban J connectivity index is 2.00. The maximum absolute atomic E-state index is 12.4. The van der Waals surface area contributed by atoms with E-state index in [4.69, 9.17) is 23.7 Å². The highest BCUT2D eigenvalue weighted by Crippen LogP contribution is 2.29. The SMILES string of the molecule is CCOC(=O)/C(=C/CCc1ccc(OC)c(OC)c1)CCCc1ccc(OC)c(OC)c1. The first kappa shape index (κ1) is 25.1. The number of ether oxygens (including phenoxy) is 5. The van der Waals surface area contributed by atoms with Gasteiger partial charge in [0.2, 0.25) is 0 Å². The molecule has 2 rings (SSSR count). The molecule has 0 bridgehead atoms. The van der Waals surface area contributed by atoms with E-state index in [1.165, 1.54) is 0 Å². The Labute approximate surface area is 191 Å². The number of carbonyl (C=O) groups excluding carboxylic acids is 1.